The van der Waals surface area contributed by atoms with Gasteiger partial charge in [-0.15, -0.1) is 11.3 Å². The topological polar surface area (TPSA) is 55.4 Å². The maximum atomic E-state index is 12.5. The lowest BCUT2D eigenvalue weighted by Gasteiger charge is -2.10. The van der Waals surface area contributed by atoms with Gasteiger partial charge >= 0.3 is 5.97 Å². The fraction of sp³-hybridized carbons (Fsp3) is 0.478. The smallest absolute Gasteiger partial charge is 0.341 e. The molecule has 1 amide bonds. The van der Waals surface area contributed by atoms with Crippen LogP contribution in [0, 0.1) is 5.92 Å². The molecule has 1 atom stereocenters. The Kier molecular flexibility index (Phi) is 7.26. The quantitative estimate of drug-likeness (QED) is 0.555. The first kappa shape index (κ1) is 20.6. The molecule has 1 fully saturated rings. The first-order valence-electron chi connectivity index (χ1n) is 10.2. The zero-order valence-corrected chi connectivity index (χ0v) is 17.5. The van der Waals surface area contributed by atoms with Crippen LogP contribution in [0.3, 0.4) is 0 Å². The Morgan fingerprint density at radius 2 is 1.93 bits per heavy atom. The molecule has 1 aromatic heterocycles. The van der Waals surface area contributed by atoms with Crippen LogP contribution in [0.2, 0.25) is 0 Å². The van der Waals surface area contributed by atoms with E-state index >= 15 is 0 Å². The Morgan fingerprint density at radius 1 is 1.21 bits per heavy atom. The van der Waals surface area contributed by atoms with Crippen LogP contribution in [0.5, 0.6) is 0 Å². The number of nitrogens with one attached hydrogen (secondary N) is 1. The van der Waals surface area contributed by atoms with Gasteiger partial charge in [0.25, 0.3) is 0 Å². The summed E-state index contributed by atoms with van der Waals surface area (Å²) in [5.41, 5.74) is 1.64. The number of benzene rings is 1. The molecule has 5 heteroatoms. The van der Waals surface area contributed by atoms with Crippen LogP contribution in [0.15, 0.2) is 36.4 Å². The van der Waals surface area contributed by atoms with Crippen molar-refractivity contribution >= 4 is 28.2 Å². The summed E-state index contributed by atoms with van der Waals surface area (Å²) in [6.07, 6.45) is 6.47. The van der Waals surface area contributed by atoms with Gasteiger partial charge in [-0.05, 0) is 30.9 Å². The molecule has 1 aliphatic rings. The Labute approximate surface area is 171 Å². The van der Waals surface area contributed by atoms with Gasteiger partial charge in [0.15, 0.2) is 0 Å². The maximum absolute atomic E-state index is 12.5. The minimum atomic E-state index is -0.378. The molecule has 1 unspecified atom stereocenters. The molecule has 0 spiro atoms. The normalized spacial score (nSPS) is 15.4. The van der Waals surface area contributed by atoms with E-state index in [1.165, 1.54) is 42.6 Å². The van der Waals surface area contributed by atoms with Gasteiger partial charge < -0.3 is 10.1 Å². The molecular weight excluding hydrogens is 370 g/mol. The predicted molar refractivity (Wildman–Crippen MR) is 114 cm³/mol. The molecule has 2 aromatic rings. The fourth-order valence-electron chi connectivity index (χ4n) is 3.81. The third-order valence-electron chi connectivity index (χ3n) is 5.48. The largest absolute Gasteiger partial charge is 0.462 e. The highest BCUT2D eigenvalue weighted by atomic mass is 32.1. The monoisotopic (exact) mass is 399 g/mol. The molecule has 1 aliphatic carbocycles. The van der Waals surface area contributed by atoms with Crippen LogP contribution in [-0.2, 0) is 9.53 Å². The lowest BCUT2D eigenvalue weighted by Crippen LogP contribution is -2.14. The van der Waals surface area contributed by atoms with Crippen molar-refractivity contribution in [2.75, 3.05) is 11.9 Å². The SMILES string of the molecule is CCOC(=O)c1cc(C(C)c2ccccc2)sc1NC(=O)CCC1CCCC1. The standard InChI is InChI=1S/C23H29NO3S/c1-3-27-23(26)19-15-20(16(2)18-11-5-4-6-12-18)28-22(19)24-21(25)14-13-17-9-7-8-10-17/h4-6,11-12,15-17H,3,7-10,13-14H2,1-2H3,(H,24,25). The van der Waals surface area contributed by atoms with Crippen LogP contribution in [0.1, 0.15) is 79.1 Å². The number of rotatable bonds is 8. The number of hydrogen-bond acceptors (Lipinski definition) is 4. The highest BCUT2D eigenvalue weighted by Crippen LogP contribution is 2.37. The number of ether oxygens (including phenoxy) is 1. The van der Waals surface area contributed by atoms with E-state index in [1.54, 1.807) is 6.92 Å². The molecule has 0 radical (unpaired) electrons. The van der Waals surface area contributed by atoms with E-state index in [4.69, 9.17) is 4.74 Å². The molecule has 3 rings (SSSR count). The number of thiophene rings is 1. The minimum Gasteiger partial charge on any atom is -0.462 e. The van der Waals surface area contributed by atoms with E-state index in [0.717, 1.165) is 11.3 Å². The van der Waals surface area contributed by atoms with Gasteiger partial charge in [0, 0.05) is 17.2 Å². The lowest BCUT2D eigenvalue weighted by molar-refractivity contribution is -0.116. The molecule has 0 bridgehead atoms. The van der Waals surface area contributed by atoms with Gasteiger partial charge in [-0.25, -0.2) is 4.79 Å². The summed E-state index contributed by atoms with van der Waals surface area (Å²) in [4.78, 5) is 26.0. The van der Waals surface area contributed by atoms with Crippen molar-refractivity contribution in [3.63, 3.8) is 0 Å². The first-order chi connectivity index (χ1) is 13.6. The second kappa shape index (κ2) is 9.87. The van der Waals surface area contributed by atoms with E-state index in [2.05, 4.69) is 24.4 Å². The van der Waals surface area contributed by atoms with Crippen LogP contribution in [0.25, 0.3) is 0 Å². The molecule has 28 heavy (non-hydrogen) atoms. The molecule has 1 aromatic carbocycles. The second-order valence-corrected chi connectivity index (χ2v) is 8.57. The number of anilines is 1. The van der Waals surface area contributed by atoms with E-state index < -0.39 is 0 Å². The average molecular weight is 400 g/mol. The number of carbonyl (C=O) groups is 2. The van der Waals surface area contributed by atoms with Crippen LogP contribution in [0.4, 0.5) is 5.00 Å². The summed E-state index contributed by atoms with van der Waals surface area (Å²) in [6.45, 7) is 4.22. The average Bonchev–Trinajstić information content (AvgIpc) is 3.37. The number of esters is 1. The number of carbonyl (C=O) groups excluding carboxylic acids is 2. The van der Waals surface area contributed by atoms with E-state index in [1.807, 2.05) is 24.3 Å². The molecule has 0 aliphatic heterocycles. The molecule has 1 N–H and O–H groups in total. The van der Waals surface area contributed by atoms with Crippen molar-refractivity contribution in [3.8, 4) is 0 Å². The summed E-state index contributed by atoms with van der Waals surface area (Å²) >= 11 is 1.47. The van der Waals surface area contributed by atoms with Gasteiger partial charge in [0.05, 0.1) is 12.2 Å². The molecule has 1 saturated carbocycles. The maximum Gasteiger partial charge on any atom is 0.341 e. The van der Waals surface area contributed by atoms with Gasteiger partial charge in [0.2, 0.25) is 5.91 Å². The van der Waals surface area contributed by atoms with E-state index in [9.17, 15) is 9.59 Å². The van der Waals surface area contributed by atoms with Crippen molar-refractivity contribution in [2.45, 2.75) is 58.3 Å². The van der Waals surface area contributed by atoms with Crippen molar-refractivity contribution in [1.29, 1.82) is 0 Å². The van der Waals surface area contributed by atoms with E-state index in [0.29, 0.717) is 29.5 Å². The third-order valence-corrected chi connectivity index (χ3v) is 6.71. The Bertz CT molecular complexity index is 793. The van der Waals surface area contributed by atoms with Crippen molar-refractivity contribution < 1.29 is 14.3 Å². The van der Waals surface area contributed by atoms with Gasteiger partial charge in [-0.3, -0.25) is 4.79 Å². The lowest BCUT2D eigenvalue weighted by atomic mass is 9.99. The summed E-state index contributed by atoms with van der Waals surface area (Å²) < 4.78 is 5.21. The van der Waals surface area contributed by atoms with Crippen LogP contribution >= 0.6 is 11.3 Å². The van der Waals surface area contributed by atoms with Gasteiger partial charge in [0.1, 0.15) is 5.00 Å². The molecule has 4 nitrogen and oxygen atoms in total. The molecule has 0 saturated heterocycles. The zero-order chi connectivity index (χ0) is 19.9. The second-order valence-electron chi connectivity index (χ2n) is 7.48. The first-order valence-corrected chi connectivity index (χ1v) is 11.1. The van der Waals surface area contributed by atoms with Crippen molar-refractivity contribution in [2.24, 2.45) is 5.92 Å². The van der Waals surface area contributed by atoms with Gasteiger partial charge in [-0.1, -0.05) is 62.9 Å². The molecule has 1 heterocycles. The summed E-state index contributed by atoms with van der Waals surface area (Å²) in [6, 6.07) is 12.0. The fourth-order valence-corrected chi connectivity index (χ4v) is 4.95. The molecule has 150 valence electrons. The minimum absolute atomic E-state index is 0.0155. The Balaban J connectivity index is 1.74. The Morgan fingerprint density at radius 3 is 2.61 bits per heavy atom. The molecular formula is C23H29NO3S. The van der Waals surface area contributed by atoms with Crippen molar-refractivity contribution in [1.82, 2.24) is 0 Å². The summed E-state index contributed by atoms with van der Waals surface area (Å²) in [5, 5.41) is 3.58. The summed E-state index contributed by atoms with van der Waals surface area (Å²) in [5.74, 6) is 0.422. The highest BCUT2D eigenvalue weighted by Gasteiger charge is 2.23. The van der Waals surface area contributed by atoms with Gasteiger partial charge in [-0.2, -0.15) is 0 Å². The highest BCUT2D eigenvalue weighted by molar-refractivity contribution is 7.16. The van der Waals surface area contributed by atoms with Crippen molar-refractivity contribution in [3.05, 3.63) is 52.4 Å². The Hall–Kier alpha value is -2.14. The third kappa shape index (κ3) is 5.22. The van der Waals surface area contributed by atoms with E-state index in [-0.39, 0.29) is 17.8 Å². The number of hydrogen-bond donors (Lipinski definition) is 1. The predicted octanol–water partition coefficient (Wildman–Crippen LogP) is 5.99. The van der Waals surface area contributed by atoms with Crippen LogP contribution in [-0.4, -0.2) is 18.5 Å². The van der Waals surface area contributed by atoms with Crippen LogP contribution < -0.4 is 5.32 Å². The zero-order valence-electron chi connectivity index (χ0n) is 16.7. The number of amides is 1. The summed E-state index contributed by atoms with van der Waals surface area (Å²) in [7, 11) is 0.